The quantitative estimate of drug-likeness (QED) is 0.919. The number of anilines is 1. The summed E-state index contributed by atoms with van der Waals surface area (Å²) in [6, 6.07) is 6.67. The van der Waals surface area contributed by atoms with Crippen LogP contribution in [0.25, 0.3) is 5.65 Å². The van der Waals surface area contributed by atoms with Gasteiger partial charge in [0, 0.05) is 25.3 Å². The van der Waals surface area contributed by atoms with Crippen molar-refractivity contribution in [1.82, 2.24) is 19.9 Å². The highest BCUT2D eigenvalue weighted by atomic mass is 15.4. The van der Waals surface area contributed by atoms with E-state index in [-0.39, 0.29) is 0 Å². The van der Waals surface area contributed by atoms with Crippen molar-refractivity contribution in [3.8, 4) is 0 Å². The fourth-order valence-electron chi connectivity index (χ4n) is 2.89. The zero-order valence-electron chi connectivity index (χ0n) is 11.7. The van der Waals surface area contributed by atoms with Crippen LogP contribution < -0.4 is 10.2 Å². The molecule has 2 aromatic rings. The monoisotopic (exact) mass is 271 g/mol. The van der Waals surface area contributed by atoms with Gasteiger partial charge in [-0.05, 0) is 50.3 Å². The molecule has 0 aromatic carbocycles. The molecule has 0 radical (unpaired) electrons. The van der Waals surface area contributed by atoms with Gasteiger partial charge in [-0.1, -0.05) is 6.07 Å². The van der Waals surface area contributed by atoms with E-state index in [1.165, 1.54) is 32.2 Å². The lowest BCUT2D eigenvalue weighted by molar-refractivity contribution is 0.406. The van der Waals surface area contributed by atoms with Crippen molar-refractivity contribution in [2.75, 3.05) is 24.5 Å². The Labute approximate surface area is 119 Å². The summed E-state index contributed by atoms with van der Waals surface area (Å²) in [5, 5.41) is 8.27. The summed E-state index contributed by atoms with van der Waals surface area (Å²) in [6.45, 7) is 3.33. The third-order valence-electron chi connectivity index (χ3n) is 4.40. The Morgan fingerprint density at radius 3 is 2.75 bits per heavy atom. The van der Waals surface area contributed by atoms with Crippen molar-refractivity contribution < 1.29 is 0 Å². The lowest BCUT2D eigenvalue weighted by Crippen LogP contribution is -2.43. The molecule has 2 fully saturated rings. The van der Waals surface area contributed by atoms with E-state index in [1.807, 2.05) is 28.9 Å². The van der Waals surface area contributed by atoms with Crippen LogP contribution in [0, 0.1) is 5.92 Å². The maximum Gasteiger partial charge on any atom is 0.245 e. The number of hydrogen-bond donors (Lipinski definition) is 1. The molecule has 1 saturated heterocycles. The summed E-state index contributed by atoms with van der Waals surface area (Å²) in [4.78, 5) is 6.91. The van der Waals surface area contributed by atoms with Gasteiger partial charge in [0.15, 0.2) is 5.65 Å². The molecule has 1 saturated carbocycles. The molecule has 20 heavy (non-hydrogen) atoms. The largest absolute Gasteiger partial charge is 0.339 e. The van der Waals surface area contributed by atoms with E-state index < -0.39 is 0 Å². The van der Waals surface area contributed by atoms with Crippen molar-refractivity contribution in [2.45, 2.75) is 31.7 Å². The van der Waals surface area contributed by atoms with Crippen LogP contribution in [0.3, 0.4) is 0 Å². The molecular weight excluding hydrogens is 250 g/mol. The van der Waals surface area contributed by atoms with Gasteiger partial charge in [0.05, 0.1) is 0 Å². The van der Waals surface area contributed by atoms with E-state index >= 15 is 0 Å². The fourth-order valence-corrected chi connectivity index (χ4v) is 2.89. The zero-order chi connectivity index (χ0) is 13.4. The van der Waals surface area contributed by atoms with Gasteiger partial charge in [-0.2, -0.15) is 4.98 Å². The summed E-state index contributed by atoms with van der Waals surface area (Å²) < 4.78 is 1.85. The summed E-state index contributed by atoms with van der Waals surface area (Å²) in [7, 11) is 0. The first kappa shape index (κ1) is 12.1. The molecule has 0 bridgehead atoms. The van der Waals surface area contributed by atoms with Crippen LogP contribution in [0.4, 0.5) is 5.95 Å². The average Bonchev–Trinajstić information content (AvgIpc) is 3.22. The highest BCUT2D eigenvalue weighted by molar-refractivity contribution is 5.44. The second-order valence-electron chi connectivity index (χ2n) is 6.03. The molecule has 5 heteroatoms. The van der Waals surface area contributed by atoms with Crippen molar-refractivity contribution in [2.24, 2.45) is 5.92 Å². The molecule has 1 aliphatic carbocycles. The molecular formula is C15H21N5. The summed E-state index contributed by atoms with van der Waals surface area (Å²) in [5.41, 5.74) is 0.927. The molecule has 0 unspecified atom stereocenters. The van der Waals surface area contributed by atoms with E-state index in [4.69, 9.17) is 0 Å². The van der Waals surface area contributed by atoms with E-state index in [9.17, 15) is 0 Å². The second kappa shape index (κ2) is 5.05. The molecule has 1 N–H and O–H groups in total. The summed E-state index contributed by atoms with van der Waals surface area (Å²) in [6.07, 6.45) is 7.20. The maximum absolute atomic E-state index is 4.60. The number of aromatic nitrogens is 3. The average molecular weight is 271 g/mol. The number of fused-ring (bicyclic) bond motifs is 1. The SMILES string of the molecule is c1ccn2nc(N3CCC(NCC4CC4)CC3)nc2c1. The third-order valence-corrected chi connectivity index (χ3v) is 4.40. The number of pyridine rings is 1. The van der Waals surface area contributed by atoms with E-state index in [0.29, 0.717) is 6.04 Å². The lowest BCUT2D eigenvalue weighted by Gasteiger charge is -2.31. The number of nitrogens with zero attached hydrogens (tertiary/aromatic N) is 4. The van der Waals surface area contributed by atoms with Crippen molar-refractivity contribution in [1.29, 1.82) is 0 Å². The second-order valence-corrected chi connectivity index (χ2v) is 6.03. The fraction of sp³-hybridized carbons (Fsp3) is 0.600. The number of rotatable bonds is 4. The van der Waals surface area contributed by atoms with Crippen LogP contribution in [0.1, 0.15) is 25.7 Å². The number of piperidine rings is 1. The molecule has 1 aliphatic heterocycles. The molecule has 0 amide bonds. The van der Waals surface area contributed by atoms with E-state index in [1.54, 1.807) is 0 Å². The van der Waals surface area contributed by atoms with Gasteiger partial charge in [-0.15, -0.1) is 5.10 Å². The van der Waals surface area contributed by atoms with Gasteiger partial charge < -0.3 is 10.2 Å². The predicted molar refractivity (Wildman–Crippen MR) is 78.9 cm³/mol. The zero-order valence-corrected chi connectivity index (χ0v) is 11.7. The highest BCUT2D eigenvalue weighted by Gasteiger charge is 2.25. The molecule has 3 heterocycles. The minimum absolute atomic E-state index is 0.684. The van der Waals surface area contributed by atoms with Crippen LogP contribution in [0.15, 0.2) is 24.4 Å². The van der Waals surface area contributed by atoms with Gasteiger partial charge in [-0.3, -0.25) is 0 Å². The van der Waals surface area contributed by atoms with Gasteiger partial charge in [0.25, 0.3) is 0 Å². The van der Waals surface area contributed by atoms with Gasteiger partial charge >= 0.3 is 0 Å². The van der Waals surface area contributed by atoms with E-state index in [0.717, 1.165) is 30.6 Å². The molecule has 0 atom stereocenters. The molecule has 2 aliphatic rings. The standard InChI is InChI=1S/C15H21N5/c1-2-8-20-14(3-1)17-15(18-20)19-9-6-13(7-10-19)16-11-12-4-5-12/h1-3,8,12-13,16H,4-7,9-11H2. The van der Waals surface area contributed by atoms with Crippen LogP contribution in [-0.4, -0.2) is 40.3 Å². The third kappa shape index (κ3) is 2.50. The Morgan fingerprint density at radius 2 is 2.00 bits per heavy atom. The van der Waals surface area contributed by atoms with Crippen molar-refractivity contribution >= 4 is 11.6 Å². The first-order valence-corrected chi connectivity index (χ1v) is 7.68. The molecule has 106 valence electrons. The minimum atomic E-state index is 0.684. The molecule has 0 spiro atoms. The summed E-state index contributed by atoms with van der Waals surface area (Å²) in [5.74, 6) is 1.84. The molecule has 4 rings (SSSR count). The minimum Gasteiger partial charge on any atom is -0.339 e. The van der Waals surface area contributed by atoms with Gasteiger partial charge in [-0.25, -0.2) is 4.52 Å². The number of nitrogens with one attached hydrogen (secondary N) is 1. The van der Waals surface area contributed by atoms with Gasteiger partial charge in [0.2, 0.25) is 5.95 Å². The smallest absolute Gasteiger partial charge is 0.245 e. The Bertz CT molecular complexity index is 548. The Hall–Kier alpha value is -1.62. The van der Waals surface area contributed by atoms with Gasteiger partial charge in [0.1, 0.15) is 0 Å². The Balaban J connectivity index is 1.37. The van der Waals surface area contributed by atoms with Crippen molar-refractivity contribution in [3.05, 3.63) is 24.4 Å². The first-order valence-electron chi connectivity index (χ1n) is 7.68. The first-order chi connectivity index (χ1) is 9.88. The highest BCUT2D eigenvalue weighted by Crippen LogP contribution is 2.28. The van der Waals surface area contributed by atoms with Crippen molar-refractivity contribution in [3.63, 3.8) is 0 Å². The lowest BCUT2D eigenvalue weighted by atomic mass is 10.1. The van der Waals surface area contributed by atoms with Crippen LogP contribution in [0.2, 0.25) is 0 Å². The normalized spacial score (nSPS) is 20.7. The number of hydrogen-bond acceptors (Lipinski definition) is 4. The molecule has 5 nitrogen and oxygen atoms in total. The Kier molecular flexibility index (Phi) is 3.07. The van der Waals surface area contributed by atoms with Crippen LogP contribution in [0.5, 0.6) is 0 Å². The maximum atomic E-state index is 4.60. The van der Waals surface area contributed by atoms with E-state index in [2.05, 4.69) is 20.3 Å². The topological polar surface area (TPSA) is 45.5 Å². The predicted octanol–water partition coefficient (Wildman–Crippen LogP) is 1.70. The summed E-state index contributed by atoms with van der Waals surface area (Å²) >= 11 is 0. The molecule has 2 aromatic heterocycles. The van der Waals surface area contributed by atoms with Crippen LogP contribution in [-0.2, 0) is 0 Å². The van der Waals surface area contributed by atoms with Crippen LogP contribution >= 0.6 is 0 Å². The Morgan fingerprint density at radius 1 is 1.15 bits per heavy atom.